The molecule has 4 aromatic rings. The van der Waals surface area contributed by atoms with Gasteiger partial charge in [-0.05, 0) is 17.2 Å². The number of carbonyl (C=O) groups excluding carboxylic acids is 1. The van der Waals surface area contributed by atoms with Gasteiger partial charge in [-0.1, -0.05) is 30.3 Å². The highest BCUT2D eigenvalue weighted by Crippen LogP contribution is 2.39. The molecular weight excluding hydrogens is 495 g/mol. The van der Waals surface area contributed by atoms with E-state index in [4.69, 9.17) is 0 Å². The highest BCUT2D eigenvalue weighted by atomic mass is 19.4. The molecule has 0 aliphatic heterocycles. The third-order valence-electron chi connectivity index (χ3n) is 5.75. The van der Waals surface area contributed by atoms with Crippen molar-refractivity contribution in [3.05, 3.63) is 87.7 Å². The molecule has 0 aliphatic rings. The largest absolute Gasteiger partial charge is 0.504 e. The summed E-state index contributed by atoms with van der Waals surface area (Å²) in [6.07, 6.45) is -0.675. The Morgan fingerprint density at radius 1 is 1.27 bits per heavy atom. The SMILES string of the molecule is C[C@H](c1nc(C(=O)Nc2cnoc2)c(O)c(=O)n1C)[C@@H](c1cnn(C(F)(F)F)c1)c1ccccc1C#N. The molecule has 1 aromatic carbocycles. The molecule has 2 N–H and O–H groups in total. The number of amides is 1. The van der Waals surface area contributed by atoms with Crippen molar-refractivity contribution in [2.24, 2.45) is 7.05 Å². The molecule has 0 aliphatic carbocycles. The van der Waals surface area contributed by atoms with Crippen LogP contribution in [0.1, 0.15) is 51.8 Å². The second-order valence-electron chi connectivity index (χ2n) is 8.05. The third-order valence-corrected chi connectivity index (χ3v) is 5.75. The molecule has 0 radical (unpaired) electrons. The van der Waals surface area contributed by atoms with Crippen LogP contribution in [0.15, 0.2) is 58.4 Å². The van der Waals surface area contributed by atoms with E-state index in [9.17, 15) is 33.1 Å². The molecule has 0 unspecified atom stereocenters. The fraction of sp³-hybridized carbons (Fsp3) is 0.217. The fourth-order valence-electron chi connectivity index (χ4n) is 4.02. The van der Waals surface area contributed by atoms with Crippen LogP contribution in [-0.2, 0) is 13.3 Å². The van der Waals surface area contributed by atoms with Gasteiger partial charge >= 0.3 is 6.30 Å². The van der Waals surface area contributed by atoms with Crippen molar-refractivity contribution in [1.29, 1.82) is 5.26 Å². The van der Waals surface area contributed by atoms with Gasteiger partial charge in [-0.15, -0.1) is 13.2 Å². The summed E-state index contributed by atoms with van der Waals surface area (Å²) in [6, 6.07) is 8.32. The van der Waals surface area contributed by atoms with E-state index in [0.717, 1.165) is 23.2 Å². The van der Waals surface area contributed by atoms with Gasteiger partial charge in [-0.2, -0.15) is 15.0 Å². The number of hydrogen-bond acceptors (Lipinski definition) is 8. The summed E-state index contributed by atoms with van der Waals surface area (Å²) in [4.78, 5) is 29.8. The first-order valence-corrected chi connectivity index (χ1v) is 10.6. The minimum atomic E-state index is -4.78. The molecule has 3 heterocycles. The summed E-state index contributed by atoms with van der Waals surface area (Å²) in [5.74, 6) is -3.71. The number of nitrogens with zero attached hydrogens (tertiary/aromatic N) is 6. The molecule has 2 atom stereocenters. The van der Waals surface area contributed by atoms with Crippen LogP contribution in [0.5, 0.6) is 5.75 Å². The van der Waals surface area contributed by atoms with Crippen LogP contribution in [0.4, 0.5) is 18.9 Å². The lowest BCUT2D eigenvalue weighted by atomic mass is 9.80. The smallest absolute Gasteiger partial charge is 0.501 e. The summed E-state index contributed by atoms with van der Waals surface area (Å²) in [7, 11) is 1.30. The molecule has 0 spiro atoms. The minimum Gasteiger partial charge on any atom is -0.501 e. The number of aromatic hydroxyl groups is 1. The zero-order chi connectivity index (χ0) is 26.9. The van der Waals surface area contributed by atoms with Crippen molar-refractivity contribution in [3.8, 4) is 11.8 Å². The van der Waals surface area contributed by atoms with E-state index in [0.29, 0.717) is 5.56 Å². The molecule has 0 saturated heterocycles. The maximum absolute atomic E-state index is 13.3. The summed E-state index contributed by atoms with van der Waals surface area (Å²) in [5, 5.41) is 29.2. The van der Waals surface area contributed by atoms with Crippen molar-refractivity contribution in [2.75, 3.05) is 5.32 Å². The van der Waals surface area contributed by atoms with Gasteiger partial charge < -0.3 is 14.9 Å². The Morgan fingerprint density at radius 2 is 2.00 bits per heavy atom. The summed E-state index contributed by atoms with van der Waals surface area (Å²) >= 11 is 0. The van der Waals surface area contributed by atoms with E-state index in [1.165, 1.54) is 19.3 Å². The Balaban J connectivity index is 1.87. The van der Waals surface area contributed by atoms with Crippen LogP contribution in [-0.4, -0.2) is 35.5 Å². The molecule has 4 rings (SSSR count). The number of nitrogens with one attached hydrogen (secondary N) is 1. The highest BCUT2D eigenvalue weighted by Gasteiger charge is 2.35. The maximum atomic E-state index is 13.3. The maximum Gasteiger partial charge on any atom is 0.504 e. The van der Waals surface area contributed by atoms with Gasteiger partial charge in [0, 0.05) is 25.1 Å². The zero-order valence-electron chi connectivity index (χ0n) is 19.3. The number of hydrogen-bond donors (Lipinski definition) is 2. The van der Waals surface area contributed by atoms with Gasteiger partial charge in [-0.25, -0.2) is 4.98 Å². The Labute approximate surface area is 206 Å². The normalized spacial score (nSPS) is 13.1. The first kappa shape index (κ1) is 25.2. The average Bonchev–Trinajstić information content (AvgIpc) is 3.55. The molecule has 0 saturated carbocycles. The van der Waals surface area contributed by atoms with Crippen LogP contribution >= 0.6 is 0 Å². The van der Waals surface area contributed by atoms with Gasteiger partial charge in [0.1, 0.15) is 17.8 Å². The van der Waals surface area contributed by atoms with Crippen LogP contribution < -0.4 is 10.9 Å². The first-order valence-electron chi connectivity index (χ1n) is 10.6. The van der Waals surface area contributed by atoms with E-state index in [1.807, 2.05) is 6.07 Å². The number of rotatable bonds is 6. The summed E-state index contributed by atoms with van der Waals surface area (Å²) in [5.41, 5.74) is -0.785. The van der Waals surface area contributed by atoms with E-state index in [1.54, 1.807) is 25.1 Å². The predicted octanol–water partition coefficient (Wildman–Crippen LogP) is 3.21. The number of benzene rings is 1. The van der Waals surface area contributed by atoms with Crippen LogP contribution in [0, 0.1) is 11.3 Å². The van der Waals surface area contributed by atoms with Gasteiger partial charge in [0.2, 0.25) is 5.75 Å². The van der Waals surface area contributed by atoms with E-state index in [2.05, 4.69) is 25.1 Å². The van der Waals surface area contributed by atoms with Crippen molar-refractivity contribution in [3.63, 3.8) is 0 Å². The molecule has 3 aromatic heterocycles. The molecule has 0 bridgehead atoms. The molecule has 14 heteroatoms. The van der Waals surface area contributed by atoms with Crippen molar-refractivity contribution >= 4 is 11.6 Å². The van der Waals surface area contributed by atoms with E-state index >= 15 is 0 Å². The van der Waals surface area contributed by atoms with Gasteiger partial charge in [0.05, 0.1) is 24.0 Å². The number of halogens is 3. The Morgan fingerprint density at radius 3 is 2.62 bits per heavy atom. The fourth-order valence-corrected chi connectivity index (χ4v) is 4.02. The van der Waals surface area contributed by atoms with Gasteiger partial charge in [0.15, 0.2) is 5.69 Å². The van der Waals surface area contributed by atoms with Crippen LogP contribution in [0.2, 0.25) is 0 Å². The van der Waals surface area contributed by atoms with Gasteiger partial charge in [-0.3, -0.25) is 14.2 Å². The Kier molecular flexibility index (Phi) is 6.54. The minimum absolute atomic E-state index is 0.0317. The standard InChI is InChI=1S/C23H18F3N7O4/c1-12(20-31-18(19(34)22(36)32(20)2)21(35)30-15-9-29-37-11-15)17(16-6-4-3-5-13(16)7-27)14-8-28-33(10-14)23(24,25)26/h3-6,8-12,17,34H,1-2H3,(H,30,35)/t12-,17-/m0/s1. The molecule has 37 heavy (non-hydrogen) atoms. The third kappa shape index (κ3) is 4.79. The topological polar surface area (TPSA) is 152 Å². The molecule has 11 nitrogen and oxygen atoms in total. The summed E-state index contributed by atoms with van der Waals surface area (Å²) in [6.45, 7) is 1.57. The van der Waals surface area contributed by atoms with Crippen LogP contribution in [0.25, 0.3) is 0 Å². The summed E-state index contributed by atoms with van der Waals surface area (Å²) < 4.78 is 45.4. The molecule has 1 amide bonds. The van der Waals surface area contributed by atoms with Crippen molar-refractivity contribution in [2.45, 2.75) is 25.1 Å². The Bertz CT molecular complexity index is 1550. The number of aromatic nitrogens is 5. The van der Waals surface area contributed by atoms with Crippen molar-refractivity contribution < 1.29 is 27.6 Å². The van der Waals surface area contributed by atoms with Crippen molar-refractivity contribution in [1.82, 2.24) is 24.5 Å². The number of anilines is 1. The number of nitriles is 1. The predicted molar refractivity (Wildman–Crippen MR) is 121 cm³/mol. The average molecular weight is 513 g/mol. The Hall–Kier alpha value is -4.93. The van der Waals surface area contributed by atoms with E-state index in [-0.39, 0.29) is 27.3 Å². The number of alkyl halides is 3. The second kappa shape index (κ2) is 9.61. The molecule has 0 fully saturated rings. The van der Waals surface area contributed by atoms with Gasteiger partial charge in [0.25, 0.3) is 11.5 Å². The molecular formula is C23H18F3N7O4. The monoisotopic (exact) mass is 513 g/mol. The quantitative estimate of drug-likeness (QED) is 0.399. The van der Waals surface area contributed by atoms with E-state index < -0.39 is 41.0 Å². The molecule has 190 valence electrons. The zero-order valence-corrected chi connectivity index (χ0v) is 19.3. The second-order valence-corrected chi connectivity index (χ2v) is 8.05. The lowest BCUT2D eigenvalue weighted by molar-refractivity contribution is -0.212. The lowest BCUT2D eigenvalue weighted by Gasteiger charge is -2.26. The highest BCUT2D eigenvalue weighted by molar-refractivity contribution is 6.04. The number of carbonyl (C=O) groups is 1. The first-order chi connectivity index (χ1) is 17.5. The lowest BCUT2D eigenvalue weighted by Crippen LogP contribution is -2.29. The van der Waals surface area contributed by atoms with Crippen LogP contribution in [0.3, 0.4) is 0 Å².